The highest BCUT2D eigenvalue weighted by molar-refractivity contribution is 7.89. The Kier molecular flexibility index (Phi) is 5.53. The molecule has 3 rings (SSSR count). The van der Waals surface area contributed by atoms with Gasteiger partial charge in [-0.3, -0.25) is 4.79 Å². The van der Waals surface area contributed by atoms with E-state index in [2.05, 4.69) is 0 Å². The minimum atomic E-state index is -3.73. The van der Waals surface area contributed by atoms with Crippen molar-refractivity contribution in [1.82, 2.24) is 9.21 Å². The van der Waals surface area contributed by atoms with Gasteiger partial charge in [-0.2, -0.15) is 0 Å². The van der Waals surface area contributed by atoms with E-state index in [0.29, 0.717) is 12.1 Å². The van der Waals surface area contributed by atoms with Crippen LogP contribution in [0.25, 0.3) is 0 Å². The smallest absolute Gasteiger partial charge is 0.254 e. The molecule has 0 spiro atoms. The van der Waals surface area contributed by atoms with Crippen LogP contribution in [0.5, 0.6) is 5.75 Å². The number of benzene rings is 2. The summed E-state index contributed by atoms with van der Waals surface area (Å²) in [5.41, 5.74) is 1.44. The van der Waals surface area contributed by atoms with E-state index in [1.807, 2.05) is 35.2 Å². The predicted molar refractivity (Wildman–Crippen MR) is 103 cm³/mol. The van der Waals surface area contributed by atoms with Crippen molar-refractivity contribution in [2.75, 3.05) is 27.7 Å². The van der Waals surface area contributed by atoms with Gasteiger partial charge < -0.3 is 9.64 Å². The Morgan fingerprint density at radius 3 is 2.48 bits per heavy atom. The maximum Gasteiger partial charge on any atom is 0.254 e. The molecule has 0 saturated carbocycles. The van der Waals surface area contributed by atoms with Crippen LogP contribution in [0.4, 0.5) is 0 Å². The molecule has 0 bridgehead atoms. The normalized spacial score (nSPS) is 17.3. The highest BCUT2D eigenvalue weighted by Gasteiger charge is 2.32. The highest BCUT2D eigenvalue weighted by Crippen LogP contribution is 2.34. The van der Waals surface area contributed by atoms with Crippen LogP contribution in [-0.4, -0.2) is 51.3 Å². The Balaban J connectivity index is 1.98. The fourth-order valence-electron chi connectivity index (χ4n) is 3.41. The van der Waals surface area contributed by atoms with Gasteiger partial charge in [-0.25, -0.2) is 12.7 Å². The second-order valence-electron chi connectivity index (χ2n) is 6.72. The third kappa shape index (κ3) is 3.70. The third-order valence-electron chi connectivity index (χ3n) is 4.87. The van der Waals surface area contributed by atoms with Crippen molar-refractivity contribution in [2.24, 2.45) is 0 Å². The van der Waals surface area contributed by atoms with Crippen molar-refractivity contribution in [2.45, 2.75) is 23.8 Å². The first-order chi connectivity index (χ1) is 12.9. The fraction of sp³-hybridized carbons (Fsp3) is 0.350. The molecule has 1 fully saturated rings. The summed E-state index contributed by atoms with van der Waals surface area (Å²) in [6.07, 6.45) is 1.82. The summed E-state index contributed by atoms with van der Waals surface area (Å²) < 4.78 is 31.5. The number of rotatable bonds is 5. The van der Waals surface area contributed by atoms with Gasteiger partial charge in [0.1, 0.15) is 10.6 Å². The molecule has 1 atom stereocenters. The van der Waals surface area contributed by atoms with Gasteiger partial charge in [-0.05, 0) is 36.6 Å². The van der Waals surface area contributed by atoms with E-state index >= 15 is 0 Å². The van der Waals surface area contributed by atoms with Gasteiger partial charge in [0.15, 0.2) is 0 Å². The average Bonchev–Trinajstić information content (AvgIpc) is 3.17. The summed E-state index contributed by atoms with van der Waals surface area (Å²) in [4.78, 5) is 15.0. The number of hydrogen-bond donors (Lipinski definition) is 0. The second-order valence-corrected chi connectivity index (χ2v) is 8.84. The van der Waals surface area contributed by atoms with Crippen LogP contribution in [0.15, 0.2) is 53.4 Å². The lowest BCUT2D eigenvalue weighted by Crippen LogP contribution is -2.31. The van der Waals surface area contributed by atoms with Crippen LogP contribution < -0.4 is 4.74 Å². The fourth-order valence-corrected chi connectivity index (χ4v) is 4.48. The van der Waals surface area contributed by atoms with Gasteiger partial charge in [-0.1, -0.05) is 30.3 Å². The number of carbonyl (C=O) groups excluding carboxylic acids is 1. The predicted octanol–water partition coefficient (Wildman–Crippen LogP) is 2.92. The minimum Gasteiger partial charge on any atom is -0.495 e. The van der Waals surface area contributed by atoms with E-state index in [1.54, 1.807) is 6.07 Å². The number of carbonyl (C=O) groups is 1. The molecule has 27 heavy (non-hydrogen) atoms. The van der Waals surface area contributed by atoms with Crippen molar-refractivity contribution < 1.29 is 17.9 Å². The lowest BCUT2D eigenvalue weighted by molar-refractivity contribution is 0.0735. The average molecular weight is 388 g/mol. The first kappa shape index (κ1) is 19.4. The van der Waals surface area contributed by atoms with E-state index in [0.717, 1.165) is 22.7 Å². The van der Waals surface area contributed by atoms with Crippen molar-refractivity contribution in [3.63, 3.8) is 0 Å². The summed E-state index contributed by atoms with van der Waals surface area (Å²) >= 11 is 0. The molecule has 7 heteroatoms. The van der Waals surface area contributed by atoms with Gasteiger partial charge in [0.2, 0.25) is 10.0 Å². The zero-order valence-corrected chi connectivity index (χ0v) is 16.6. The Bertz CT molecular complexity index is 926. The molecule has 1 amide bonds. The summed E-state index contributed by atoms with van der Waals surface area (Å²) in [6, 6.07) is 14.5. The highest BCUT2D eigenvalue weighted by atomic mass is 32.2. The van der Waals surface area contributed by atoms with Crippen LogP contribution in [-0.2, 0) is 10.0 Å². The maximum absolute atomic E-state index is 13.2. The molecular weight excluding hydrogens is 364 g/mol. The van der Waals surface area contributed by atoms with E-state index in [9.17, 15) is 13.2 Å². The molecule has 0 unspecified atom stereocenters. The zero-order chi connectivity index (χ0) is 19.6. The molecule has 144 valence electrons. The van der Waals surface area contributed by atoms with Crippen molar-refractivity contribution in [1.29, 1.82) is 0 Å². The van der Waals surface area contributed by atoms with Crippen LogP contribution in [0.1, 0.15) is 34.8 Å². The number of methoxy groups -OCH3 is 1. The van der Waals surface area contributed by atoms with Crippen molar-refractivity contribution >= 4 is 15.9 Å². The van der Waals surface area contributed by atoms with Gasteiger partial charge in [0.25, 0.3) is 5.91 Å². The molecule has 2 aromatic carbocycles. The van der Waals surface area contributed by atoms with Crippen LogP contribution >= 0.6 is 0 Å². The molecule has 1 aliphatic rings. The summed E-state index contributed by atoms with van der Waals surface area (Å²) in [5.74, 6) is 0.0560. The molecule has 0 radical (unpaired) electrons. The molecule has 2 aromatic rings. The molecule has 6 nitrogen and oxygen atoms in total. The molecule has 0 aliphatic carbocycles. The molecular formula is C20H24N2O4S. The zero-order valence-electron chi connectivity index (χ0n) is 15.8. The number of sulfonamides is 1. The quantitative estimate of drug-likeness (QED) is 0.790. The summed E-state index contributed by atoms with van der Waals surface area (Å²) in [7, 11) is 0.594. The van der Waals surface area contributed by atoms with E-state index < -0.39 is 10.0 Å². The van der Waals surface area contributed by atoms with Gasteiger partial charge in [0.05, 0.1) is 13.2 Å². The monoisotopic (exact) mass is 388 g/mol. The Morgan fingerprint density at radius 2 is 1.85 bits per heavy atom. The van der Waals surface area contributed by atoms with E-state index in [4.69, 9.17) is 4.74 Å². The topological polar surface area (TPSA) is 66.9 Å². The third-order valence-corrected chi connectivity index (χ3v) is 6.70. The SMILES string of the molecule is COc1ccc(C(=O)N2CCC[C@@H]2c2ccccc2)cc1S(=O)(=O)N(C)C. The first-order valence-electron chi connectivity index (χ1n) is 8.82. The van der Waals surface area contributed by atoms with Gasteiger partial charge in [-0.15, -0.1) is 0 Å². The maximum atomic E-state index is 13.2. The van der Waals surface area contributed by atoms with Gasteiger partial charge in [0, 0.05) is 26.2 Å². The Hall–Kier alpha value is -2.38. The number of nitrogens with zero attached hydrogens (tertiary/aromatic N) is 2. The standard InChI is InChI=1S/C20H24N2O4S/c1-21(2)27(24,25)19-14-16(11-12-18(19)26-3)20(23)22-13-7-10-17(22)15-8-5-4-6-9-15/h4-6,8-9,11-12,14,17H,7,10,13H2,1-3H3/t17-/m1/s1. The van der Waals surface area contributed by atoms with Gasteiger partial charge >= 0.3 is 0 Å². The lowest BCUT2D eigenvalue weighted by Gasteiger charge is -2.25. The molecule has 1 aliphatic heterocycles. The largest absolute Gasteiger partial charge is 0.495 e. The second kappa shape index (κ2) is 7.70. The van der Waals surface area contributed by atoms with Crippen LogP contribution in [0, 0.1) is 0 Å². The van der Waals surface area contributed by atoms with Crippen LogP contribution in [0.3, 0.4) is 0 Å². The van der Waals surface area contributed by atoms with E-state index in [-0.39, 0.29) is 22.6 Å². The molecule has 1 saturated heterocycles. The Labute approximate surface area is 160 Å². The summed E-state index contributed by atoms with van der Waals surface area (Å²) in [6.45, 7) is 0.653. The molecule has 1 heterocycles. The lowest BCUT2D eigenvalue weighted by atomic mass is 10.0. The summed E-state index contributed by atoms with van der Waals surface area (Å²) in [5, 5.41) is 0. The first-order valence-corrected chi connectivity index (χ1v) is 10.3. The number of ether oxygens (including phenoxy) is 1. The molecule has 0 aromatic heterocycles. The number of likely N-dealkylation sites (tertiary alicyclic amines) is 1. The van der Waals surface area contributed by atoms with E-state index in [1.165, 1.54) is 33.3 Å². The minimum absolute atomic E-state index is 0.00342. The number of hydrogen-bond acceptors (Lipinski definition) is 4. The number of amides is 1. The molecule has 0 N–H and O–H groups in total. The Morgan fingerprint density at radius 1 is 1.15 bits per heavy atom. The van der Waals surface area contributed by atoms with Crippen LogP contribution in [0.2, 0.25) is 0 Å². The van der Waals surface area contributed by atoms with Crippen molar-refractivity contribution in [3.05, 3.63) is 59.7 Å². The van der Waals surface area contributed by atoms with Crippen molar-refractivity contribution in [3.8, 4) is 5.75 Å².